The van der Waals surface area contributed by atoms with Gasteiger partial charge >= 0.3 is 5.97 Å². The number of aliphatic carboxylic acids is 1. The van der Waals surface area contributed by atoms with E-state index in [9.17, 15) is 4.79 Å². The van der Waals surface area contributed by atoms with Gasteiger partial charge in [0, 0.05) is 0 Å². The molecule has 1 aromatic heterocycles. The summed E-state index contributed by atoms with van der Waals surface area (Å²) in [6.07, 6.45) is 0. The number of fused-ring (bicyclic) bond motifs is 1. The molecule has 0 aliphatic heterocycles. The summed E-state index contributed by atoms with van der Waals surface area (Å²) in [7, 11) is 0. The lowest BCUT2D eigenvalue weighted by Crippen LogP contribution is -2.12. The largest absolute Gasteiger partial charge is 0.480 e. The fourth-order valence-corrected chi connectivity index (χ4v) is 1.70. The molecule has 14 heavy (non-hydrogen) atoms. The smallest absolute Gasteiger partial charge is 0.322 e. The standard InChI is InChI=1S/C8H7N3O2S/c12-7(13)4-9-5-2-1-3-6-8(5)10-11-14-6/h1-3,9H,4H2,(H,12,13). The molecule has 1 heterocycles. The summed E-state index contributed by atoms with van der Waals surface area (Å²) in [5, 5.41) is 15.2. The molecule has 5 nitrogen and oxygen atoms in total. The highest BCUT2D eigenvalue weighted by molar-refractivity contribution is 7.13. The van der Waals surface area contributed by atoms with E-state index in [0.717, 1.165) is 10.2 Å². The lowest BCUT2D eigenvalue weighted by atomic mass is 10.3. The van der Waals surface area contributed by atoms with E-state index in [2.05, 4.69) is 14.9 Å². The van der Waals surface area contributed by atoms with Crippen molar-refractivity contribution in [1.29, 1.82) is 0 Å². The maximum atomic E-state index is 10.4. The molecule has 0 amide bonds. The molecule has 0 bridgehead atoms. The molecular formula is C8H7N3O2S. The number of nitrogens with one attached hydrogen (secondary N) is 1. The second-order valence-corrected chi connectivity index (χ2v) is 3.46. The number of nitrogens with zero attached hydrogens (tertiary/aromatic N) is 2. The van der Waals surface area contributed by atoms with Crippen LogP contribution < -0.4 is 5.32 Å². The predicted octanol–water partition coefficient (Wildman–Crippen LogP) is 1.19. The van der Waals surface area contributed by atoms with Crippen molar-refractivity contribution in [3.05, 3.63) is 18.2 Å². The van der Waals surface area contributed by atoms with Gasteiger partial charge in [0.1, 0.15) is 12.1 Å². The maximum Gasteiger partial charge on any atom is 0.322 e. The highest BCUT2D eigenvalue weighted by Crippen LogP contribution is 2.22. The summed E-state index contributed by atoms with van der Waals surface area (Å²) in [5.41, 5.74) is 1.43. The fourth-order valence-electron chi connectivity index (χ4n) is 1.12. The Morgan fingerprint density at radius 3 is 3.21 bits per heavy atom. The average molecular weight is 209 g/mol. The number of carboxylic acids is 1. The minimum absolute atomic E-state index is 0.114. The number of hydrogen-bond acceptors (Lipinski definition) is 5. The van der Waals surface area contributed by atoms with E-state index in [-0.39, 0.29) is 6.54 Å². The SMILES string of the molecule is O=C(O)CNc1cccc2snnc12. The Morgan fingerprint density at radius 1 is 1.57 bits per heavy atom. The van der Waals surface area contributed by atoms with Gasteiger partial charge in [-0.15, -0.1) is 5.10 Å². The Bertz CT molecular complexity index is 468. The molecule has 1 aromatic carbocycles. The number of aromatic nitrogens is 2. The van der Waals surface area contributed by atoms with Crippen molar-refractivity contribution in [2.24, 2.45) is 0 Å². The van der Waals surface area contributed by atoms with Crippen LogP contribution in [-0.2, 0) is 4.79 Å². The molecule has 2 N–H and O–H groups in total. The molecule has 0 fully saturated rings. The van der Waals surface area contributed by atoms with Crippen molar-refractivity contribution in [2.45, 2.75) is 0 Å². The van der Waals surface area contributed by atoms with Crippen LogP contribution in [0.25, 0.3) is 10.2 Å². The Hall–Kier alpha value is -1.69. The molecule has 0 aliphatic carbocycles. The predicted molar refractivity (Wildman–Crippen MR) is 53.5 cm³/mol. The zero-order valence-electron chi connectivity index (χ0n) is 7.10. The molecule has 0 saturated heterocycles. The fraction of sp³-hybridized carbons (Fsp3) is 0.125. The molecule has 2 aromatic rings. The lowest BCUT2D eigenvalue weighted by molar-refractivity contribution is -0.134. The van der Waals surface area contributed by atoms with Gasteiger partial charge in [0.25, 0.3) is 0 Å². The number of carbonyl (C=O) groups is 1. The van der Waals surface area contributed by atoms with Crippen molar-refractivity contribution < 1.29 is 9.90 Å². The van der Waals surface area contributed by atoms with Crippen LogP contribution in [0.5, 0.6) is 0 Å². The average Bonchev–Trinajstić information content (AvgIpc) is 2.62. The van der Waals surface area contributed by atoms with Crippen LogP contribution in [0.4, 0.5) is 5.69 Å². The molecule has 0 unspecified atom stereocenters. The van der Waals surface area contributed by atoms with Crippen LogP contribution in [0.15, 0.2) is 18.2 Å². The molecule has 0 atom stereocenters. The van der Waals surface area contributed by atoms with Crippen LogP contribution >= 0.6 is 11.5 Å². The first kappa shape index (κ1) is 8.89. The van der Waals surface area contributed by atoms with Crippen LogP contribution in [0, 0.1) is 0 Å². The third-order valence-electron chi connectivity index (χ3n) is 1.71. The van der Waals surface area contributed by atoms with Gasteiger partial charge in [-0.05, 0) is 23.7 Å². The van der Waals surface area contributed by atoms with E-state index in [1.807, 2.05) is 12.1 Å². The number of carboxylic acid groups (broad SMARTS) is 1. The van der Waals surface area contributed by atoms with Crippen molar-refractivity contribution in [1.82, 2.24) is 9.59 Å². The first-order valence-electron chi connectivity index (χ1n) is 3.94. The van der Waals surface area contributed by atoms with Gasteiger partial charge in [-0.3, -0.25) is 4.79 Å². The molecule has 6 heteroatoms. The highest BCUT2D eigenvalue weighted by atomic mass is 32.1. The van der Waals surface area contributed by atoms with Gasteiger partial charge in [0.15, 0.2) is 0 Å². The van der Waals surface area contributed by atoms with Crippen LogP contribution in [-0.4, -0.2) is 27.2 Å². The van der Waals surface area contributed by atoms with Crippen molar-refractivity contribution in [2.75, 3.05) is 11.9 Å². The summed E-state index contributed by atoms with van der Waals surface area (Å²) in [6, 6.07) is 5.52. The first-order valence-corrected chi connectivity index (χ1v) is 4.71. The third-order valence-corrected chi connectivity index (χ3v) is 2.40. The van der Waals surface area contributed by atoms with E-state index >= 15 is 0 Å². The van der Waals surface area contributed by atoms with Gasteiger partial charge in [0.05, 0.1) is 10.4 Å². The van der Waals surface area contributed by atoms with Crippen molar-refractivity contribution >= 4 is 33.4 Å². The molecule has 2 rings (SSSR count). The monoisotopic (exact) mass is 209 g/mol. The molecule has 0 aliphatic rings. The van der Waals surface area contributed by atoms with E-state index in [0.29, 0.717) is 5.69 Å². The van der Waals surface area contributed by atoms with Crippen molar-refractivity contribution in [3.63, 3.8) is 0 Å². The molecule has 0 saturated carbocycles. The Kier molecular flexibility index (Phi) is 2.28. The van der Waals surface area contributed by atoms with Crippen LogP contribution in [0.1, 0.15) is 0 Å². The van der Waals surface area contributed by atoms with E-state index in [4.69, 9.17) is 5.11 Å². The number of hydrogen-bond donors (Lipinski definition) is 2. The highest BCUT2D eigenvalue weighted by Gasteiger charge is 2.04. The first-order chi connectivity index (χ1) is 6.77. The summed E-state index contributed by atoms with van der Waals surface area (Å²) in [6.45, 7) is -0.114. The second-order valence-electron chi connectivity index (χ2n) is 2.67. The molecule has 0 radical (unpaired) electrons. The Labute approximate surface area is 83.5 Å². The quantitative estimate of drug-likeness (QED) is 0.794. The maximum absolute atomic E-state index is 10.4. The van der Waals surface area contributed by atoms with Gasteiger partial charge < -0.3 is 10.4 Å². The van der Waals surface area contributed by atoms with Gasteiger partial charge in [-0.1, -0.05) is 10.6 Å². The van der Waals surface area contributed by atoms with Crippen LogP contribution in [0.3, 0.4) is 0 Å². The normalized spacial score (nSPS) is 10.3. The number of benzene rings is 1. The van der Waals surface area contributed by atoms with Gasteiger partial charge in [-0.2, -0.15) is 0 Å². The van der Waals surface area contributed by atoms with Crippen molar-refractivity contribution in [3.8, 4) is 0 Å². The van der Waals surface area contributed by atoms with Crippen LogP contribution in [0.2, 0.25) is 0 Å². The summed E-state index contributed by atoms with van der Waals surface area (Å²) < 4.78 is 4.74. The third kappa shape index (κ3) is 1.64. The summed E-state index contributed by atoms with van der Waals surface area (Å²) >= 11 is 1.29. The van der Waals surface area contributed by atoms with Gasteiger partial charge in [0.2, 0.25) is 0 Å². The summed E-state index contributed by atoms with van der Waals surface area (Å²) in [4.78, 5) is 10.4. The number of rotatable bonds is 3. The van der Waals surface area contributed by atoms with E-state index < -0.39 is 5.97 Å². The zero-order valence-corrected chi connectivity index (χ0v) is 7.91. The second kappa shape index (κ2) is 3.59. The minimum atomic E-state index is -0.898. The van der Waals surface area contributed by atoms with Gasteiger partial charge in [-0.25, -0.2) is 0 Å². The Balaban J connectivity index is 2.32. The molecular weight excluding hydrogens is 202 g/mol. The molecule has 72 valence electrons. The van der Waals surface area contributed by atoms with E-state index in [1.54, 1.807) is 6.07 Å². The molecule has 0 spiro atoms. The summed E-state index contributed by atoms with van der Waals surface area (Å²) in [5.74, 6) is -0.898. The number of anilines is 1. The zero-order chi connectivity index (χ0) is 9.97. The topological polar surface area (TPSA) is 75.1 Å². The lowest BCUT2D eigenvalue weighted by Gasteiger charge is -2.02. The minimum Gasteiger partial charge on any atom is -0.480 e. The Morgan fingerprint density at radius 2 is 2.43 bits per heavy atom. The van der Waals surface area contributed by atoms with E-state index in [1.165, 1.54) is 11.5 Å².